The summed E-state index contributed by atoms with van der Waals surface area (Å²) in [5, 5.41) is 5.55. The number of halogens is 3. The third-order valence-electron chi connectivity index (χ3n) is 4.09. The molecule has 0 saturated carbocycles. The minimum absolute atomic E-state index is 0.0178. The van der Waals surface area contributed by atoms with Crippen molar-refractivity contribution in [3.05, 3.63) is 76.7 Å². The van der Waals surface area contributed by atoms with Crippen LogP contribution >= 0.6 is 22.7 Å². The molecule has 0 fully saturated rings. The number of hydrogen-bond donors (Lipinski definition) is 1. The molecule has 0 unspecified atom stereocenters. The third kappa shape index (κ3) is 3.93. The quantitative estimate of drug-likeness (QED) is 0.443. The zero-order valence-corrected chi connectivity index (χ0v) is 15.9. The molecule has 4 rings (SSSR count). The summed E-state index contributed by atoms with van der Waals surface area (Å²) >= 11 is 3.10. The number of carbonyl (C=O) groups excluding carboxylic acids is 1. The Bertz CT molecular complexity index is 1130. The van der Waals surface area contributed by atoms with Gasteiger partial charge in [0.25, 0.3) is 5.91 Å². The molecular formula is C20H13F3N2OS2. The monoisotopic (exact) mass is 418 g/mol. The van der Waals surface area contributed by atoms with Crippen LogP contribution in [0.15, 0.2) is 60.0 Å². The van der Waals surface area contributed by atoms with Crippen molar-refractivity contribution < 1.29 is 18.0 Å². The lowest BCUT2D eigenvalue weighted by Crippen LogP contribution is -2.22. The van der Waals surface area contributed by atoms with Crippen LogP contribution < -0.4 is 5.32 Å². The average molecular weight is 418 g/mol. The first-order valence-corrected chi connectivity index (χ1v) is 9.98. The molecule has 0 aliphatic heterocycles. The van der Waals surface area contributed by atoms with E-state index < -0.39 is 11.7 Å². The molecule has 1 N–H and O–H groups in total. The van der Waals surface area contributed by atoms with Gasteiger partial charge in [0.15, 0.2) is 0 Å². The maximum atomic E-state index is 12.8. The molecule has 142 valence electrons. The summed E-state index contributed by atoms with van der Waals surface area (Å²) in [6.45, 7) is 0.0178. The van der Waals surface area contributed by atoms with Gasteiger partial charge in [-0.15, -0.1) is 22.7 Å². The molecule has 2 aromatic heterocycles. The lowest BCUT2D eigenvalue weighted by Gasteiger charge is -2.09. The second-order valence-electron chi connectivity index (χ2n) is 6.06. The summed E-state index contributed by atoms with van der Waals surface area (Å²) in [4.78, 5) is 18.1. The lowest BCUT2D eigenvalue weighted by molar-refractivity contribution is -0.137. The van der Waals surface area contributed by atoms with Crippen molar-refractivity contribution in [3.63, 3.8) is 0 Å². The van der Waals surface area contributed by atoms with Gasteiger partial charge in [0.2, 0.25) is 0 Å². The van der Waals surface area contributed by atoms with Crippen LogP contribution in [-0.2, 0) is 12.7 Å². The van der Waals surface area contributed by atoms with Crippen LogP contribution in [-0.4, -0.2) is 10.9 Å². The third-order valence-corrected chi connectivity index (χ3v) is 6.15. The van der Waals surface area contributed by atoms with Crippen LogP contribution in [0, 0.1) is 0 Å². The van der Waals surface area contributed by atoms with E-state index >= 15 is 0 Å². The predicted octanol–water partition coefficient (Wildman–Crippen LogP) is 5.97. The minimum Gasteiger partial charge on any atom is -0.348 e. The second-order valence-corrected chi connectivity index (χ2v) is 8.04. The van der Waals surface area contributed by atoms with E-state index in [0.717, 1.165) is 32.2 Å². The summed E-state index contributed by atoms with van der Waals surface area (Å²) in [6, 6.07) is 14.1. The van der Waals surface area contributed by atoms with E-state index in [1.165, 1.54) is 17.4 Å². The number of nitrogens with zero attached hydrogens (tertiary/aromatic N) is 1. The van der Waals surface area contributed by atoms with Gasteiger partial charge >= 0.3 is 6.18 Å². The lowest BCUT2D eigenvalue weighted by atomic mass is 10.1. The molecule has 0 atom stereocenters. The molecule has 0 aliphatic carbocycles. The predicted molar refractivity (Wildman–Crippen MR) is 106 cm³/mol. The normalized spacial score (nSPS) is 11.7. The smallest absolute Gasteiger partial charge is 0.348 e. The fourth-order valence-electron chi connectivity index (χ4n) is 2.71. The minimum atomic E-state index is -4.41. The van der Waals surface area contributed by atoms with E-state index in [-0.39, 0.29) is 12.5 Å². The van der Waals surface area contributed by atoms with E-state index in [1.54, 1.807) is 35.6 Å². The number of carbonyl (C=O) groups is 1. The number of aromatic nitrogens is 1. The number of benzene rings is 2. The Labute approximate surface area is 166 Å². The Kier molecular flexibility index (Phi) is 4.91. The van der Waals surface area contributed by atoms with Gasteiger partial charge in [-0.2, -0.15) is 13.2 Å². The highest BCUT2D eigenvalue weighted by molar-refractivity contribution is 7.25. The Morgan fingerprint density at radius 2 is 1.93 bits per heavy atom. The Morgan fingerprint density at radius 1 is 1.07 bits per heavy atom. The summed E-state index contributed by atoms with van der Waals surface area (Å²) in [5.41, 5.74) is 0.914. The molecule has 8 heteroatoms. The van der Waals surface area contributed by atoms with Crippen molar-refractivity contribution in [2.24, 2.45) is 0 Å². The molecule has 2 heterocycles. The van der Waals surface area contributed by atoms with Crippen LogP contribution in [0.3, 0.4) is 0 Å². The van der Waals surface area contributed by atoms with Crippen molar-refractivity contribution in [3.8, 4) is 9.88 Å². The molecule has 1 amide bonds. The molecular weight excluding hydrogens is 405 g/mol. The topological polar surface area (TPSA) is 42.0 Å². The standard InChI is InChI=1S/C20H13F3N2OS2/c21-20(22,23)14-4-1-3-12(9-14)11-24-18(26)13-6-7-15-17(10-13)28-19(25-15)16-5-2-8-27-16/h1-10H,11H2,(H,24,26). The van der Waals surface area contributed by atoms with Crippen molar-refractivity contribution in [1.29, 1.82) is 0 Å². The molecule has 3 nitrogen and oxygen atoms in total. The van der Waals surface area contributed by atoms with E-state index in [0.29, 0.717) is 11.1 Å². The number of alkyl halides is 3. The number of amides is 1. The molecule has 4 aromatic rings. The summed E-state index contributed by atoms with van der Waals surface area (Å²) in [7, 11) is 0. The highest BCUT2D eigenvalue weighted by Gasteiger charge is 2.30. The van der Waals surface area contributed by atoms with Crippen LogP contribution in [0.5, 0.6) is 0 Å². The largest absolute Gasteiger partial charge is 0.416 e. The molecule has 0 radical (unpaired) electrons. The first-order chi connectivity index (χ1) is 13.4. The SMILES string of the molecule is O=C(NCc1cccc(C(F)(F)F)c1)c1ccc2nc(-c3cccs3)sc2c1. The number of thiazole rings is 1. The van der Waals surface area contributed by atoms with E-state index in [4.69, 9.17) is 0 Å². The number of rotatable bonds is 4. The van der Waals surface area contributed by atoms with Crippen molar-refractivity contribution in [2.45, 2.75) is 12.7 Å². The van der Waals surface area contributed by atoms with Gasteiger partial charge in [-0.1, -0.05) is 18.2 Å². The first-order valence-electron chi connectivity index (χ1n) is 8.29. The maximum Gasteiger partial charge on any atom is 0.416 e. The van der Waals surface area contributed by atoms with E-state index in [1.807, 2.05) is 17.5 Å². The molecule has 0 spiro atoms. The Hall–Kier alpha value is -2.71. The number of fused-ring (bicyclic) bond motifs is 1. The molecule has 0 aliphatic rings. The zero-order valence-electron chi connectivity index (χ0n) is 14.3. The van der Waals surface area contributed by atoms with Gasteiger partial charge in [-0.05, 0) is 47.3 Å². The van der Waals surface area contributed by atoms with Gasteiger partial charge < -0.3 is 5.32 Å². The first kappa shape index (κ1) is 18.6. The van der Waals surface area contributed by atoms with Gasteiger partial charge in [0.1, 0.15) is 5.01 Å². The average Bonchev–Trinajstić information content (AvgIpc) is 3.34. The van der Waals surface area contributed by atoms with Crippen molar-refractivity contribution >= 4 is 38.8 Å². The van der Waals surface area contributed by atoms with E-state index in [2.05, 4.69) is 10.3 Å². The highest BCUT2D eigenvalue weighted by Crippen LogP contribution is 2.33. The molecule has 0 saturated heterocycles. The Balaban J connectivity index is 1.50. The van der Waals surface area contributed by atoms with Gasteiger partial charge in [-0.25, -0.2) is 4.98 Å². The molecule has 28 heavy (non-hydrogen) atoms. The van der Waals surface area contributed by atoms with Gasteiger partial charge in [0.05, 0.1) is 20.7 Å². The van der Waals surface area contributed by atoms with Gasteiger partial charge in [-0.3, -0.25) is 4.79 Å². The highest BCUT2D eigenvalue weighted by atomic mass is 32.1. The number of hydrogen-bond acceptors (Lipinski definition) is 4. The zero-order chi connectivity index (χ0) is 19.7. The van der Waals surface area contributed by atoms with Crippen LogP contribution in [0.25, 0.3) is 20.1 Å². The van der Waals surface area contributed by atoms with Crippen molar-refractivity contribution in [2.75, 3.05) is 0 Å². The number of thiophene rings is 1. The summed E-state index contributed by atoms with van der Waals surface area (Å²) in [5.74, 6) is -0.342. The fraction of sp³-hybridized carbons (Fsp3) is 0.100. The molecule has 0 bridgehead atoms. The molecule has 2 aromatic carbocycles. The van der Waals surface area contributed by atoms with Gasteiger partial charge in [0, 0.05) is 12.1 Å². The van der Waals surface area contributed by atoms with Crippen LogP contribution in [0.4, 0.5) is 13.2 Å². The fourth-order valence-corrected chi connectivity index (χ4v) is 4.52. The van der Waals surface area contributed by atoms with Crippen molar-refractivity contribution in [1.82, 2.24) is 10.3 Å². The number of nitrogens with one attached hydrogen (secondary N) is 1. The second kappa shape index (κ2) is 7.37. The summed E-state index contributed by atoms with van der Waals surface area (Å²) < 4.78 is 39.3. The van der Waals surface area contributed by atoms with E-state index in [9.17, 15) is 18.0 Å². The van der Waals surface area contributed by atoms with Crippen LogP contribution in [0.1, 0.15) is 21.5 Å². The van der Waals surface area contributed by atoms with Crippen LogP contribution in [0.2, 0.25) is 0 Å². The Morgan fingerprint density at radius 3 is 2.68 bits per heavy atom. The summed E-state index contributed by atoms with van der Waals surface area (Å²) in [6.07, 6.45) is -4.41. The maximum absolute atomic E-state index is 12.8.